The quantitative estimate of drug-likeness (QED) is 0.928. The van der Waals surface area contributed by atoms with E-state index < -0.39 is 5.41 Å². The molecule has 23 heavy (non-hydrogen) atoms. The summed E-state index contributed by atoms with van der Waals surface area (Å²) in [6.45, 7) is 1.60. The molecule has 3 nitrogen and oxygen atoms in total. The Morgan fingerprint density at radius 3 is 2.74 bits per heavy atom. The Morgan fingerprint density at radius 1 is 1.26 bits per heavy atom. The molecular weight excluding hydrogens is 291 g/mol. The predicted molar refractivity (Wildman–Crippen MR) is 89.8 cm³/mol. The number of piperidine rings is 1. The maximum atomic E-state index is 13.8. The number of rotatable bonds is 3. The number of benzene rings is 1. The van der Waals surface area contributed by atoms with Gasteiger partial charge in [-0.05, 0) is 50.4 Å². The lowest BCUT2D eigenvalue weighted by Crippen LogP contribution is -2.54. The Balaban J connectivity index is 1.90. The maximum absolute atomic E-state index is 13.8. The third kappa shape index (κ3) is 3.27. The van der Waals surface area contributed by atoms with Crippen molar-refractivity contribution >= 4 is 5.91 Å². The highest BCUT2D eigenvalue weighted by atomic mass is 19.1. The molecule has 1 saturated heterocycles. The van der Waals surface area contributed by atoms with E-state index in [9.17, 15) is 9.18 Å². The van der Waals surface area contributed by atoms with E-state index >= 15 is 0 Å². The van der Waals surface area contributed by atoms with Crippen molar-refractivity contribution in [2.75, 3.05) is 20.1 Å². The topological polar surface area (TPSA) is 32.3 Å². The van der Waals surface area contributed by atoms with Crippen LogP contribution in [0, 0.1) is 5.82 Å². The molecule has 0 aromatic heterocycles. The second-order valence-electron chi connectivity index (χ2n) is 7.03. The molecule has 126 valence electrons. The summed E-state index contributed by atoms with van der Waals surface area (Å²) >= 11 is 0. The lowest BCUT2D eigenvalue weighted by Gasteiger charge is -2.43. The van der Waals surface area contributed by atoms with Gasteiger partial charge in [0, 0.05) is 19.1 Å². The molecule has 1 aliphatic carbocycles. The van der Waals surface area contributed by atoms with Crippen LogP contribution in [-0.2, 0) is 10.2 Å². The van der Waals surface area contributed by atoms with Crippen LogP contribution in [0.5, 0.6) is 0 Å². The van der Waals surface area contributed by atoms with Crippen molar-refractivity contribution < 1.29 is 9.18 Å². The van der Waals surface area contributed by atoms with Gasteiger partial charge in [-0.3, -0.25) is 4.79 Å². The monoisotopic (exact) mass is 318 g/mol. The number of nitrogens with zero attached hydrogens (tertiary/aromatic N) is 1. The van der Waals surface area contributed by atoms with E-state index in [2.05, 4.69) is 5.32 Å². The first-order chi connectivity index (χ1) is 11.2. The van der Waals surface area contributed by atoms with E-state index in [4.69, 9.17) is 0 Å². The number of likely N-dealkylation sites (tertiary alicyclic amines) is 1. The van der Waals surface area contributed by atoms with Crippen LogP contribution in [0.2, 0.25) is 0 Å². The minimum atomic E-state index is -0.518. The van der Waals surface area contributed by atoms with E-state index in [0.717, 1.165) is 57.2 Å². The van der Waals surface area contributed by atoms with Crippen molar-refractivity contribution in [3.05, 3.63) is 35.6 Å². The highest BCUT2D eigenvalue weighted by molar-refractivity contribution is 5.88. The van der Waals surface area contributed by atoms with E-state index in [1.807, 2.05) is 18.0 Å². The smallest absolute Gasteiger partial charge is 0.233 e. The lowest BCUT2D eigenvalue weighted by atomic mass is 9.68. The molecule has 1 aromatic carbocycles. The van der Waals surface area contributed by atoms with E-state index in [1.54, 1.807) is 12.1 Å². The molecular formula is C19H27FN2O. The zero-order valence-electron chi connectivity index (χ0n) is 14.0. The fraction of sp³-hybridized carbons (Fsp3) is 0.632. The summed E-state index contributed by atoms with van der Waals surface area (Å²) in [5.74, 6) is -0.0326. The molecule has 2 fully saturated rings. The van der Waals surface area contributed by atoms with Crippen molar-refractivity contribution in [3.63, 3.8) is 0 Å². The van der Waals surface area contributed by atoms with Gasteiger partial charge >= 0.3 is 0 Å². The zero-order chi connectivity index (χ0) is 16.3. The van der Waals surface area contributed by atoms with E-state index in [0.29, 0.717) is 6.04 Å². The molecule has 0 radical (unpaired) electrons. The van der Waals surface area contributed by atoms with Gasteiger partial charge in [-0.2, -0.15) is 0 Å². The SMILES string of the molecule is CNC1CCCN(C(=O)C2(c3cccc(F)c3)CCCCC2)C1. The fourth-order valence-electron chi connectivity index (χ4n) is 4.27. The zero-order valence-corrected chi connectivity index (χ0v) is 14.0. The number of amides is 1. The minimum Gasteiger partial charge on any atom is -0.340 e. The average molecular weight is 318 g/mol. The Kier molecular flexibility index (Phi) is 5.00. The molecule has 1 saturated carbocycles. The predicted octanol–water partition coefficient (Wildman–Crippen LogP) is 3.24. The Hall–Kier alpha value is -1.42. The average Bonchev–Trinajstić information content (AvgIpc) is 2.61. The second-order valence-corrected chi connectivity index (χ2v) is 7.03. The fourth-order valence-corrected chi connectivity index (χ4v) is 4.27. The third-order valence-corrected chi connectivity index (χ3v) is 5.61. The summed E-state index contributed by atoms with van der Waals surface area (Å²) in [6, 6.07) is 7.08. The Morgan fingerprint density at radius 2 is 2.04 bits per heavy atom. The van der Waals surface area contributed by atoms with E-state index in [1.165, 1.54) is 12.5 Å². The van der Waals surface area contributed by atoms with Crippen LogP contribution in [0.4, 0.5) is 4.39 Å². The molecule has 1 amide bonds. The summed E-state index contributed by atoms with van der Waals surface area (Å²) < 4.78 is 13.8. The van der Waals surface area contributed by atoms with Crippen LogP contribution in [0.3, 0.4) is 0 Å². The molecule has 3 rings (SSSR count). The number of hydrogen-bond donors (Lipinski definition) is 1. The molecule has 1 aliphatic heterocycles. The molecule has 0 bridgehead atoms. The van der Waals surface area contributed by atoms with Crippen LogP contribution in [-0.4, -0.2) is 37.0 Å². The molecule has 2 aliphatic rings. The molecule has 4 heteroatoms. The number of hydrogen-bond acceptors (Lipinski definition) is 2. The number of carbonyl (C=O) groups excluding carboxylic acids is 1. The largest absolute Gasteiger partial charge is 0.340 e. The van der Waals surface area contributed by atoms with Crippen molar-refractivity contribution in [2.45, 2.75) is 56.4 Å². The van der Waals surface area contributed by atoms with Gasteiger partial charge in [0.05, 0.1) is 5.41 Å². The van der Waals surface area contributed by atoms with Crippen molar-refractivity contribution in [3.8, 4) is 0 Å². The minimum absolute atomic E-state index is 0.211. The van der Waals surface area contributed by atoms with Gasteiger partial charge in [-0.1, -0.05) is 31.4 Å². The molecule has 1 unspecified atom stereocenters. The summed E-state index contributed by atoms with van der Waals surface area (Å²) in [4.78, 5) is 15.4. The number of likely N-dealkylation sites (N-methyl/N-ethyl adjacent to an activating group) is 1. The van der Waals surface area contributed by atoms with Crippen LogP contribution >= 0.6 is 0 Å². The van der Waals surface area contributed by atoms with Gasteiger partial charge in [-0.25, -0.2) is 4.39 Å². The normalized spacial score (nSPS) is 24.4. The number of halogens is 1. The highest BCUT2D eigenvalue weighted by Gasteiger charge is 2.44. The van der Waals surface area contributed by atoms with Gasteiger partial charge < -0.3 is 10.2 Å². The summed E-state index contributed by atoms with van der Waals surface area (Å²) in [6.07, 6.45) is 7.11. The Labute approximate surface area is 138 Å². The van der Waals surface area contributed by atoms with Gasteiger partial charge in [0.15, 0.2) is 0 Å². The van der Waals surface area contributed by atoms with Crippen LogP contribution in [0.25, 0.3) is 0 Å². The molecule has 1 aromatic rings. The summed E-state index contributed by atoms with van der Waals surface area (Å²) in [5.41, 5.74) is 0.351. The first-order valence-electron chi connectivity index (χ1n) is 8.88. The van der Waals surface area contributed by atoms with Gasteiger partial charge in [0.1, 0.15) is 5.82 Å². The standard InChI is InChI=1S/C19H27FN2O/c1-21-17-9-6-12-22(14-17)18(23)19(10-3-2-4-11-19)15-7-5-8-16(20)13-15/h5,7-8,13,17,21H,2-4,6,9-12,14H2,1H3. The first kappa shape index (κ1) is 16.4. The van der Waals surface area contributed by atoms with E-state index in [-0.39, 0.29) is 11.7 Å². The van der Waals surface area contributed by atoms with Crippen LogP contribution in [0.1, 0.15) is 50.5 Å². The van der Waals surface area contributed by atoms with Crippen molar-refractivity contribution in [2.24, 2.45) is 0 Å². The van der Waals surface area contributed by atoms with Gasteiger partial charge in [0.25, 0.3) is 0 Å². The lowest BCUT2D eigenvalue weighted by molar-refractivity contribution is -0.140. The van der Waals surface area contributed by atoms with Crippen molar-refractivity contribution in [1.82, 2.24) is 10.2 Å². The molecule has 1 N–H and O–H groups in total. The molecule has 1 atom stereocenters. The van der Waals surface area contributed by atoms with Crippen molar-refractivity contribution in [1.29, 1.82) is 0 Å². The first-order valence-corrected chi connectivity index (χ1v) is 8.88. The third-order valence-electron chi connectivity index (χ3n) is 5.61. The number of carbonyl (C=O) groups is 1. The number of nitrogens with one attached hydrogen (secondary N) is 1. The Bertz CT molecular complexity index is 554. The highest BCUT2D eigenvalue weighted by Crippen LogP contribution is 2.41. The second kappa shape index (κ2) is 7.00. The van der Waals surface area contributed by atoms with Crippen LogP contribution in [0.15, 0.2) is 24.3 Å². The molecule has 1 heterocycles. The maximum Gasteiger partial charge on any atom is 0.233 e. The van der Waals surface area contributed by atoms with Gasteiger partial charge in [-0.15, -0.1) is 0 Å². The van der Waals surface area contributed by atoms with Gasteiger partial charge in [0.2, 0.25) is 5.91 Å². The summed E-state index contributed by atoms with van der Waals surface area (Å²) in [7, 11) is 1.96. The molecule has 0 spiro atoms. The van der Waals surface area contributed by atoms with Crippen LogP contribution < -0.4 is 5.32 Å². The summed E-state index contributed by atoms with van der Waals surface area (Å²) in [5, 5.41) is 3.30.